The van der Waals surface area contributed by atoms with Gasteiger partial charge in [0, 0.05) is 17.0 Å². The Hall–Kier alpha value is -2.96. The lowest BCUT2D eigenvalue weighted by Crippen LogP contribution is -2.30. The smallest absolute Gasteiger partial charge is 0.275 e. The van der Waals surface area contributed by atoms with Crippen LogP contribution in [0.5, 0.6) is 5.88 Å². The molecule has 0 aliphatic heterocycles. The zero-order chi connectivity index (χ0) is 19.6. The number of rotatable bonds is 5. The highest BCUT2D eigenvalue weighted by atomic mass is 19.1. The first kappa shape index (κ1) is 18.8. The summed E-state index contributed by atoms with van der Waals surface area (Å²) in [6, 6.07) is 4.42. The van der Waals surface area contributed by atoms with Gasteiger partial charge in [0.05, 0.1) is 25.3 Å². The van der Waals surface area contributed by atoms with Gasteiger partial charge in [-0.25, -0.2) is 14.4 Å². The third kappa shape index (κ3) is 3.77. The Labute approximate surface area is 157 Å². The van der Waals surface area contributed by atoms with E-state index < -0.39 is 11.3 Å². The van der Waals surface area contributed by atoms with Crippen LogP contribution in [0.2, 0.25) is 0 Å². The van der Waals surface area contributed by atoms with Crippen molar-refractivity contribution in [1.29, 1.82) is 0 Å². The number of hydrogen-bond donors (Lipinski definition) is 2. The number of nitrogens with zero attached hydrogens (tertiary/aromatic N) is 2. The zero-order valence-electron chi connectivity index (χ0n) is 15.5. The van der Waals surface area contributed by atoms with Crippen LogP contribution in [0.25, 0.3) is 0 Å². The van der Waals surface area contributed by atoms with E-state index in [1.54, 1.807) is 12.1 Å². The van der Waals surface area contributed by atoms with Crippen molar-refractivity contribution in [3.05, 3.63) is 59.5 Å². The maximum absolute atomic E-state index is 14.5. The number of anilines is 1. The van der Waals surface area contributed by atoms with Crippen LogP contribution in [-0.4, -0.2) is 28.1 Å². The average Bonchev–Trinajstić information content (AvgIpc) is 3.10. The Morgan fingerprint density at radius 1 is 1.33 bits per heavy atom. The fourth-order valence-corrected chi connectivity index (χ4v) is 3.44. The average molecular weight is 371 g/mol. The molecule has 0 saturated carbocycles. The number of amides is 1. The molecular weight excluding hydrogens is 349 g/mol. The third-order valence-corrected chi connectivity index (χ3v) is 5.03. The summed E-state index contributed by atoms with van der Waals surface area (Å²) in [7, 11) is 1.46. The number of halogens is 1. The highest BCUT2D eigenvalue weighted by molar-refractivity contribution is 6.02. The Balaban J connectivity index is 1.84. The number of aliphatic hydroxyl groups excluding tert-OH is 1. The predicted molar refractivity (Wildman–Crippen MR) is 99.4 cm³/mol. The molecule has 2 aromatic rings. The first-order valence-electron chi connectivity index (χ1n) is 8.69. The van der Waals surface area contributed by atoms with E-state index in [9.17, 15) is 14.3 Å². The number of carbonyl (C=O) groups is 1. The fourth-order valence-electron chi connectivity index (χ4n) is 3.44. The van der Waals surface area contributed by atoms with Gasteiger partial charge >= 0.3 is 0 Å². The number of ether oxygens (including phenoxy) is 1. The topological polar surface area (TPSA) is 84.3 Å². The lowest BCUT2D eigenvalue weighted by Gasteiger charge is -2.33. The molecule has 1 aromatic carbocycles. The van der Waals surface area contributed by atoms with Crippen LogP contribution in [-0.2, 0) is 5.41 Å². The summed E-state index contributed by atoms with van der Waals surface area (Å²) in [5.74, 6) is -0.388. The number of hydrogen-bond acceptors (Lipinski definition) is 5. The zero-order valence-corrected chi connectivity index (χ0v) is 15.5. The molecule has 3 rings (SSSR count). The van der Waals surface area contributed by atoms with Crippen LogP contribution < -0.4 is 10.1 Å². The molecular formula is C20H22FN3O3. The molecule has 0 bridgehead atoms. The van der Waals surface area contributed by atoms with Crippen molar-refractivity contribution in [3.63, 3.8) is 0 Å². The number of benzene rings is 1. The van der Waals surface area contributed by atoms with Gasteiger partial charge in [0.1, 0.15) is 11.5 Å². The minimum absolute atomic E-state index is 0.123. The second kappa shape index (κ2) is 7.34. The van der Waals surface area contributed by atoms with Crippen molar-refractivity contribution in [2.45, 2.75) is 32.1 Å². The SMILES string of the molecule is COc1cnc(C(=O)Nc2ccc(F)c(C(C)(C)C3CCC=C3O)c2)cn1. The molecule has 1 aliphatic rings. The van der Waals surface area contributed by atoms with E-state index in [0.717, 1.165) is 12.8 Å². The summed E-state index contributed by atoms with van der Waals surface area (Å²) < 4.78 is 19.5. The number of nitrogens with one attached hydrogen (secondary N) is 1. The number of allylic oxidation sites excluding steroid dienone is 2. The van der Waals surface area contributed by atoms with E-state index in [0.29, 0.717) is 22.9 Å². The Bertz CT molecular complexity index is 879. The summed E-state index contributed by atoms with van der Waals surface area (Å²) >= 11 is 0. The number of methoxy groups -OCH3 is 1. The van der Waals surface area contributed by atoms with Gasteiger partial charge in [-0.2, -0.15) is 0 Å². The van der Waals surface area contributed by atoms with Crippen LogP contribution in [0, 0.1) is 11.7 Å². The van der Waals surface area contributed by atoms with Gasteiger partial charge in [0.2, 0.25) is 5.88 Å². The van der Waals surface area contributed by atoms with Gasteiger partial charge in [-0.3, -0.25) is 4.79 Å². The Morgan fingerprint density at radius 3 is 2.70 bits per heavy atom. The highest BCUT2D eigenvalue weighted by Gasteiger charge is 2.38. The van der Waals surface area contributed by atoms with Gasteiger partial charge in [-0.1, -0.05) is 13.8 Å². The molecule has 1 aliphatic carbocycles. The van der Waals surface area contributed by atoms with Crippen molar-refractivity contribution in [2.24, 2.45) is 5.92 Å². The summed E-state index contributed by atoms with van der Waals surface area (Å²) in [6.45, 7) is 3.79. The van der Waals surface area contributed by atoms with Crippen LogP contribution in [0.4, 0.5) is 10.1 Å². The van der Waals surface area contributed by atoms with E-state index in [2.05, 4.69) is 15.3 Å². The number of carbonyl (C=O) groups excluding carboxylic acids is 1. The second-order valence-corrected chi connectivity index (χ2v) is 7.07. The summed E-state index contributed by atoms with van der Waals surface area (Å²) in [5.41, 5.74) is 0.385. The molecule has 142 valence electrons. The van der Waals surface area contributed by atoms with Gasteiger partial charge < -0.3 is 15.2 Å². The standard InChI is InChI=1S/C20H22FN3O3/c1-20(2,13-5-4-6-17(13)25)14-9-12(7-8-15(14)21)24-19(26)16-10-23-18(27-3)11-22-16/h6-11,13,25H,4-5H2,1-3H3,(H,24,26). The molecule has 0 spiro atoms. The second-order valence-electron chi connectivity index (χ2n) is 7.07. The maximum Gasteiger partial charge on any atom is 0.275 e. The van der Waals surface area contributed by atoms with E-state index >= 15 is 0 Å². The fraction of sp³-hybridized carbons (Fsp3) is 0.350. The maximum atomic E-state index is 14.5. The summed E-state index contributed by atoms with van der Waals surface area (Å²) in [6.07, 6.45) is 5.97. The normalized spacial score (nSPS) is 16.7. The molecule has 2 N–H and O–H groups in total. The number of aromatic nitrogens is 2. The molecule has 1 aromatic heterocycles. The van der Waals surface area contributed by atoms with E-state index in [-0.39, 0.29) is 17.4 Å². The molecule has 1 unspecified atom stereocenters. The van der Waals surface area contributed by atoms with Crippen LogP contribution in [0.15, 0.2) is 42.4 Å². The Kier molecular flexibility index (Phi) is 5.12. The molecule has 1 heterocycles. The minimum Gasteiger partial charge on any atom is -0.512 e. The van der Waals surface area contributed by atoms with Crippen molar-refractivity contribution < 1.29 is 19.0 Å². The molecule has 0 fully saturated rings. The molecule has 6 nitrogen and oxygen atoms in total. The van der Waals surface area contributed by atoms with Crippen molar-refractivity contribution in [2.75, 3.05) is 12.4 Å². The van der Waals surface area contributed by atoms with Crippen molar-refractivity contribution >= 4 is 11.6 Å². The van der Waals surface area contributed by atoms with E-state index in [1.165, 1.54) is 31.6 Å². The molecule has 7 heteroatoms. The number of aliphatic hydroxyl groups is 1. The Morgan fingerprint density at radius 2 is 2.11 bits per heavy atom. The van der Waals surface area contributed by atoms with E-state index in [4.69, 9.17) is 4.74 Å². The lowest BCUT2D eigenvalue weighted by atomic mass is 9.72. The van der Waals surface area contributed by atoms with E-state index in [1.807, 2.05) is 13.8 Å². The quantitative estimate of drug-likeness (QED) is 0.830. The molecule has 1 amide bonds. The van der Waals surface area contributed by atoms with Crippen LogP contribution in [0.3, 0.4) is 0 Å². The first-order valence-corrected chi connectivity index (χ1v) is 8.69. The molecule has 0 radical (unpaired) electrons. The highest BCUT2D eigenvalue weighted by Crippen LogP contribution is 2.43. The predicted octanol–water partition coefficient (Wildman–Crippen LogP) is 4.01. The first-order chi connectivity index (χ1) is 12.8. The van der Waals surface area contributed by atoms with Crippen LogP contribution >= 0.6 is 0 Å². The van der Waals surface area contributed by atoms with Gasteiger partial charge in [0.25, 0.3) is 5.91 Å². The van der Waals surface area contributed by atoms with Crippen molar-refractivity contribution in [1.82, 2.24) is 9.97 Å². The van der Waals surface area contributed by atoms with Crippen molar-refractivity contribution in [3.8, 4) is 5.88 Å². The minimum atomic E-state index is -0.623. The summed E-state index contributed by atoms with van der Waals surface area (Å²) in [5, 5.41) is 12.8. The van der Waals surface area contributed by atoms with Crippen LogP contribution in [0.1, 0.15) is 42.7 Å². The lowest BCUT2D eigenvalue weighted by molar-refractivity contribution is 0.102. The van der Waals surface area contributed by atoms with Gasteiger partial charge in [0.15, 0.2) is 0 Å². The largest absolute Gasteiger partial charge is 0.512 e. The summed E-state index contributed by atoms with van der Waals surface area (Å²) in [4.78, 5) is 20.3. The molecule has 27 heavy (non-hydrogen) atoms. The third-order valence-electron chi connectivity index (χ3n) is 5.03. The molecule has 0 saturated heterocycles. The monoisotopic (exact) mass is 371 g/mol. The molecule has 1 atom stereocenters. The van der Waals surface area contributed by atoms with Gasteiger partial charge in [-0.05, 0) is 42.7 Å². The van der Waals surface area contributed by atoms with Gasteiger partial charge in [-0.15, -0.1) is 0 Å².